The molecule has 1 N–H and O–H groups in total. The standard InChI is InChI=1S/C13H13BrN2O2S/c1-8-3-4-11(12(7-8)16(17)18)15-9(2)13-10(14)5-6-19-13/h3-7,9,15H,1-2H3. The fraction of sp³-hybridized carbons (Fsp3) is 0.231. The van der Waals surface area contributed by atoms with Gasteiger partial charge in [-0.15, -0.1) is 11.3 Å². The Morgan fingerprint density at radius 3 is 2.74 bits per heavy atom. The van der Waals surface area contributed by atoms with Crippen molar-refractivity contribution in [1.82, 2.24) is 0 Å². The molecule has 0 aliphatic heterocycles. The van der Waals surface area contributed by atoms with E-state index in [9.17, 15) is 10.1 Å². The first-order chi connectivity index (χ1) is 8.99. The molecule has 0 saturated heterocycles. The maximum absolute atomic E-state index is 11.1. The fourth-order valence-electron chi connectivity index (χ4n) is 1.83. The van der Waals surface area contributed by atoms with Crippen LogP contribution in [-0.4, -0.2) is 4.92 Å². The highest BCUT2D eigenvalue weighted by Gasteiger charge is 2.17. The number of nitrogens with one attached hydrogen (secondary N) is 1. The molecule has 1 atom stereocenters. The van der Waals surface area contributed by atoms with Gasteiger partial charge in [-0.2, -0.15) is 0 Å². The van der Waals surface area contributed by atoms with Crippen molar-refractivity contribution in [2.45, 2.75) is 19.9 Å². The van der Waals surface area contributed by atoms with Crippen molar-refractivity contribution in [2.75, 3.05) is 5.32 Å². The SMILES string of the molecule is Cc1ccc(NC(C)c2sccc2Br)c([N+](=O)[O-])c1. The Kier molecular flexibility index (Phi) is 4.21. The van der Waals surface area contributed by atoms with Crippen LogP contribution in [0.4, 0.5) is 11.4 Å². The molecular formula is C13H13BrN2O2S. The molecule has 2 rings (SSSR count). The van der Waals surface area contributed by atoms with Crippen molar-refractivity contribution in [3.8, 4) is 0 Å². The van der Waals surface area contributed by atoms with E-state index in [4.69, 9.17) is 0 Å². The molecule has 1 aromatic carbocycles. The molecule has 0 amide bonds. The zero-order valence-corrected chi connectivity index (χ0v) is 12.9. The van der Waals surface area contributed by atoms with Crippen LogP contribution in [-0.2, 0) is 0 Å². The number of nitro groups is 1. The van der Waals surface area contributed by atoms with E-state index in [0.717, 1.165) is 14.9 Å². The summed E-state index contributed by atoms with van der Waals surface area (Å²) in [5.74, 6) is 0. The van der Waals surface area contributed by atoms with Gasteiger partial charge in [0.1, 0.15) is 5.69 Å². The lowest BCUT2D eigenvalue weighted by molar-refractivity contribution is -0.384. The van der Waals surface area contributed by atoms with Gasteiger partial charge in [0.05, 0.1) is 11.0 Å². The van der Waals surface area contributed by atoms with Gasteiger partial charge in [0.25, 0.3) is 5.69 Å². The molecule has 1 heterocycles. The van der Waals surface area contributed by atoms with E-state index >= 15 is 0 Å². The van der Waals surface area contributed by atoms with Crippen LogP contribution in [0.25, 0.3) is 0 Å². The number of anilines is 1. The molecule has 2 aromatic rings. The minimum absolute atomic E-state index is 0.00998. The molecule has 0 fully saturated rings. The lowest BCUT2D eigenvalue weighted by Crippen LogP contribution is -2.07. The van der Waals surface area contributed by atoms with E-state index in [0.29, 0.717) is 5.69 Å². The van der Waals surface area contributed by atoms with Gasteiger partial charge < -0.3 is 5.32 Å². The second-order valence-corrected chi connectivity index (χ2v) is 6.08. The highest BCUT2D eigenvalue weighted by Crippen LogP contribution is 2.34. The highest BCUT2D eigenvalue weighted by molar-refractivity contribution is 9.10. The lowest BCUT2D eigenvalue weighted by atomic mass is 10.1. The average Bonchev–Trinajstić information content (AvgIpc) is 2.77. The van der Waals surface area contributed by atoms with Gasteiger partial charge >= 0.3 is 0 Å². The third-order valence-corrected chi connectivity index (χ3v) is 4.81. The van der Waals surface area contributed by atoms with Crippen LogP contribution in [0.3, 0.4) is 0 Å². The minimum Gasteiger partial charge on any atom is -0.372 e. The molecule has 19 heavy (non-hydrogen) atoms. The van der Waals surface area contributed by atoms with Crippen molar-refractivity contribution in [2.24, 2.45) is 0 Å². The Balaban J connectivity index is 2.29. The summed E-state index contributed by atoms with van der Waals surface area (Å²) in [5, 5.41) is 16.3. The van der Waals surface area contributed by atoms with Crippen LogP contribution in [0.5, 0.6) is 0 Å². The molecule has 0 radical (unpaired) electrons. The predicted octanol–water partition coefficient (Wildman–Crippen LogP) is 4.90. The summed E-state index contributed by atoms with van der Waals surface area (Å²) in [4.78, 5) is 11.8. The summed E-state index contributed by atoms with van der Waals surface area (Å²) in [6.07, 6.45) is 0. The molecule has 4 nitrogen and oxygen atoms in total. The van der Waals surface area contributed by atoms with Crippen LogP contribution in [0.15, 0.2) is 34.1 Å². The Hall–Kier alpha value is -1.40. The molecular weight excluding hydrogens is 328 g/mol. The van der Waals surface area contributed by atoms with Crippen molar-refractivity contribution in [3.63, 3.8) is 0 Å². The molecule has 0 aliphatic rings. The quantitative estimate of drug-likeness (QED) is 0.636. The van der Waals surface area contributed by atoms with Gasteiger partial charge in [0.15, 0.2) is 0 Å². The van der Waals surface area contributed by atoms with Crippen LogP contribution < -0.4 is 5.32 Å². The summed E-state index contributed by atoms with van der Waals surface area (Å²) in [7, 11) is 0. The summed E-state index contributed by atoms with van der Waals surface area (Å²) < 4.78 is 1.02. The van der Waals surface area contributed by atoms with Gasteiger partial charge in [-0.05, 0) is 52.9 Å². The second-order valence-electron chi connectivity index (χ2n) is 4.28. The number of benzene rings is 1. The van der Waals surface area contributed by atoms with Gasteiger partial charge in [-0.25, -0.2) is 0 Å². The van der Waals surface area contributed by atoms with E-state index in [1.54, 1.807) is 23.5 Å². The number of halogens is 1. The minimum atomic E-state index is -0.356. The van der Waals surface area contributed by atoms with Crippen LogP contribution in [0.1, 0.15) is 23.4 Å². The maximum Gasteiger partial charge on any atom is 0.292 e. The van der Waals surface area contributed by atoms with E-state index in [1.165, 1.54) is 0 Å². The molecule has 0 bridgehead atoms. The first kappa shape index (κ1) is 14.0. The van der Waals surface area contributed by atoms with Gasteiger partial charge in [-0.3, -0.25) is 10.1 Å². The number of nitro benzene ring substituents is 1. The Morgan fingerprint density at radius 1 is 1.42 bits per heavy atom. The van der Waals surface area contributed by atoms with Gasteiger partial charge in [-0.1, -0.05) is 6.07 Å². The topological polar surface area (TPSA) is 55.2 Å². The van der Waals surface area contributed by atoms with E-state index < -0.39 is 0 Å². The van der Waals surface area contributed by atoms with Crippen molar-refractivity contribution >= 4 is 38.6 Å². The highest BCUT2D eigenvalue weighted by atomic mass is 79.9. The van der Waals surface area contributed by atoms with E-state index in [-0.39, 0.29) is 16.7 Å². The Morgan fingerprint density at radius 2 is 2.16 bits per heavy atom. The lowest BCUT2D eigenvalue weighted by Gasteiger charge is -2.14. The van der Waals surface area contributed by atoms with Gasteiger partial charge in [0, 0.05) is 15.4 Å². The number of hydrogen-bond donors (Lipinski definition) is 1. The summed E-state index contributed by atoms with van der Waals surface area (Å²) in [6.45, 7) is 3.83. The number of aryl methyl sites for hydroxylation is 1. The zero-order chi connectivity index (χ0) is 14.0. The van der Waals surface area contributed by atoms with Crippen molar-refractivity contribution < 1.29 is 4.92 Å². The van der Waals surface area contributed by atoms with Crippen molar-refractivity contribution in [3.05, 3.63) is 54.7 Å². The first-order valence-corrected chi connectivity index (χ1v) is 7.40. The number of hydrogen-bond acceptors (Lipinski definition) is 4. The molecule has 6 heteroatoms. The number of nitrogens with zero attached hydrogens (tertiary/aromatic N) is 1. The summed E-state index contributed by atoms with van der Waals surface area (Å²) in [5.41, 5.74) is 1.53. The third-order valence-electron chi connectivity index (χ3n) is 2.76. The Labute approximate surface area is 123 Å². The van der Waals surface area contributed by atoms with Crippen LogP contribution >= 0.6 is 27.3 Å². The summed E-state index contributed by atoms with van der Waals surface area (Å²) in [6, 6.07) is 7.19. The molecule has 100 valence electrons. The zero-order valence-electron chi connectivity index (χ0n) is 10.5. The predicted molar refractivity (Wildman–Crippen MR) is 81.9 cm³/mol. The van der Waals surface area contributed by atoms with Crippen LogP contribution in [0.2, 0.25) is 0 Å². The third kappa shape index (κ3) is 3.13. The van der Waals surface area contributed by atoms with Crippen LogP contribution in [0, 0.1) is 17.0 Å². The van der Waals surface area contributed by atoms with E-state index in [1.807, 2.05) is 31.4 Å². The first-order valence-electron chi connectivity index (χ1n) is 5.73. The average molecular weight is 341 g/mol. The smallest absolute Gasteiger partial charge is 0.292 e. The van der Waals surface area contributed by atoms with E-state index in [2.05, 4.69) is 21.2 Å². The largest absolute Gasteiger partial charge is 0.372 e. The molecule has 1 unspecified atom stereocenters. The van der Waals surface area contributed by atoms with Crippen molar-refractivity contribution in [1.29, 1.82) is 0 Å². The molecule has 1 aromatic heterocycles. The molecule has 0 aliphatic carbocycles. The monoisotopic (exact) mass is 340 g/mol. The number of thiophene rings is 1. The summed E-state index contributed by atoms with van der Waals surface area (Å²) >= 11 is 5.09. The second kappa shape index (κ2) is 5.71. The maximum atomic E-state index is 11.1. The number of rotatable bonds is 4. The fourth-order valence-corrected chi connectivity index (χ4v) is 3.55. The van der Waals surface area contributed by atoms with Gasteiger partial charge in [0.2, 0.25) is 0 Å². The Bertz CT molecular complexity index is 612. The molecule has 0 spiro atoms. The molecule has 0 saturated carbocycles. The normalized spacial score (nSPS) is 12.2.